The van der Waals surface area contributed by atoms with Crippen molar-refractivity contribution < 1.29 is 4.42 Å². The highest BCUT2D eigenvalue weighted by Gasteiger charge is 2.19. The fraction of sp³-hybridized carbons (Fsp3) is 0. The van der Waals surface area contributed by atoms with Crippen LogP contribution in [0.1, 0.15) is 11.1 Å². The second-order valence-electron chi connectivity index (χ2n) is 8.66. The van der Waals surface area contributed by atoms with Crippen molar-refractivity contribution in [3.8, 4) is 0 Å². The highest BCUT2D eigenvalue weighted by atomic mass is 16.3. The fourth-order valence-electron chi connectivity index (χ4n) is 5.05. The van der Waals surface area contributed by atoms with Gasteiger partial charge in [0.25, 0.3) is 0 Å². The third-order valence-electron chi connectivity index (χ3n) is 6.61. The molecule has 7 aromatic rings. The lowest BCUT2D eigenvalue weighted by Gasteiger charge is -2.11. The lowest BCUT2D eigenvalue weighted by molar-refractivity contribution is 0.663. The normalized spacial score (nSPS) is 12.3. The third-order valence-corrected chi connectivity index (χ3v) is 6.61. The van der Waals surface area contributed by atoms with E-state index in [1.165, 1.54) is 0 Å². The smallest absolute Gasteiger partial charge is 0.137 e. The molecule has 166 valence electrons. The van der Waals surface area contributed by atoms with Crippen molar-refractivity contribution in [1.29, 1.82) is 0 Å². The van der Waals surface area contributed by atoms with Crippen LogP contribution in [0.4, 0.5) is 5.69 Å². The van der Waals surface area contributed by atoms with E-state index in [-0.39, 0.29) is 0 Å². The molecule has 35 heavy (non-hydrogen) atoms. The number of rotatable bonds is 3. The molecule has 0 aliphatic rings. The molecule has 0 fully saturated rings. The van der Waals surface area contributed by atoms with Gasteiger partial charge in [0.2, 0.25) is 0 Å². The number of hydrogen-bond acceptors (Lipinski definition) is 3. The Morgan fingerprint density at radius 1 is 0.600 bits per heavy atom. The molecule has 0 saturated carbocycles. The molecule has 0 bridgehead atoms. The predicted molar refractivity (Wildman–Crippen MR) is 145 cm³/mol. The second kappa shape index (κ2) is 7.61. The van der Waals surface area contributed by atoms with Crippen LogP contribution in [0.3, 0.4) is 0 Å². The first-order chi connectivity index (χ1) is 17.3. The summed E-state index contributed by atoms with van der Waals surface area (Å²) in [6.45, 7) is 0. The Balaban J connectivity index is 1.66. The molecular formula is C31H21N3O. The van der Waals surface area contributed by atoms with Crippen molar-refractivity contribution in [3.63, 3.8) is 0 Å². The molecule has 5 aromatic carbocycles. The number of anilines is 1. The van der Waals surface area contributed by atoms with Gasteiger partial charge < -0.3 is 10.2 Å². The van der Waals surface area contributed by atoms with Gasteiger partial charge in [0, 0.05) is 27.6 Å². The Morgan fingerprint density at radius 3 is 2.11 bits per heavy atom. The number of nitrogens with two attached hydrogens (primary N) is 1. The maximum Gasteiger partial charge on any atom is 0.137 e. The van der Waals surface area contributed by atoms with E-state index < -0.39 is 0 Å². The molecule has 0 amide bonds. The summed E-state index contributed by atoms with van der Waals surface area (Å²) in [4.78, 5) is 0. The first-order valence-electron chi connectivity index (χ1n) is 11.6. The van der Waals surface area contributed by atoms with Gasteiger partial charge in [-0.25, -0.2) is 4.68 Å². The Bertz CT molecular complexity index is 1910. The zero-order valence-electron chi connectivity index (χ0n) is 18.8. The number of hydrogen-bond donors (Lipinski definition) is 1. The van der Waals surface area contributed by atoms with Gasteiger partial charge in [0.1, 0.15) is 16.9 Å². The number of nitrogens with zero attached hydrogens (tertiary/aromatic N) is 2. The van der Waals surface area contributed by atoms with E-state index in [0.29, 0.717) is 5.69 Å². The summed E-state index contributed by atoms with van der Waals surface area (Å²) in [5, 5.41) is 9.69. The average Bonchev–Trinajstić information content (AvgIpc) is 3.14. The van der Waals surface area contributed by atoms with Gasteiger partial charge >= 0.3 is 0 Å². The van der Waals surface area contributed by atoms with Gasteiger partial charge in [-0.1, -0.05) is 84.9 Å². The summed E-state index contributed by atoms with van der Waals surface area (Å²) < 4.78 is 8.48. The molecule has 0 unspecified atom stereocenters. The number of nitrogen functional groups attached to an aromatic ring is 1. The van der Waals surface area contributed by atoms with Crippen molar-refractivity contribution >= 4 is 55.1 Å². The van der Waals surface area contributed by atoms with Gasteiger partial charge in [-0.05, 0) is 35.7 Å². The van der Waals surface area contributed by atoms with Crippen LogP contribution in [-0.2, 0) is 0 Å². The number of para-hydroxylation sites is 2. The molecule has 0 aliphatic carbocycles. The van der Waals surface area contributed by atoms with Gasteiger partial charge in [0.05, 0.1) is 16.4 Å². The van der Waals surface area contributed by atoms with Crippen LogP contribution in [0.2, 0.25) is 0 Å². The van der Waals surface area contributed by atoms with E-state index in [2.05, 4.69) is 48.5 Å². The van der Waals surface area contributed by atoms with E-state index in [0.717, 1.165) is 60.6 Å². The van der Waals surface area contributed by atoms with Crippen molar-refractivity contribution in [2.75, 3.05) is 5.73 Å². The summed E-state index contributed by atoms with van der Waals surface area (Å²) in [6, 6.07) is 38.8. The van der Waals surface area contributed by atoms with E-state index in [1.54, 1.807) is 0 Å². The first-order valence-corrected chi connectivity index (χ1v) is 11.6. The van der Waals surface area contributed by atoms with Crippen molar-refractivity contribution in [1.82, 2.24) is 4.68 Å². The number of benzene rings is 5. The Kier molecular flexibility index (Phi) is 4.26. The largest absolute Gasteiger partial charge is 0.456 e. The van der Waals surface area contributed by atoms with Crippen LogP contribution >= 0.6 is 0 Å². The van der Waals surface area contributed by atoms with Crippen LogP contribution in [0, 0.1) is 0 Å². The number of fused-ring (bicyclic) bond motifs is 2. The zero-order valence-corrected chi connectivity index (χ0v) is 18.8. The van der Waals surface area contributed by atoms with Gasteiger partial charge in [0.15, 0.2) is 0 Å². The van der Waals surface area contributed by atoms with Crippen LogP contribution in [0.5, 0.6) is 0 Å². The third kappa shape index (κ3) is 2.97. The molecule has 4 heteroatoms. The van der Waals surface area contributed by atoms with Gasteiger partial charge in [-0.2, -0.15) is 5.10 Å². The van der Waals surface area contributed by atoms with E-state index in [4.69, 9.17) is 15.3 Å². The molecule has 0 radical (unpaired) electrons. The minimum atomic E-state index is 0.690. The molecule has 2 heterocycles. The average molecular weight is 452 g/mol. The minimum Gasteiger partial charge on any atom is -0.456 e. The fourth-order valence-corrected chi connectivity index (χ4v) is 5.05. The van der Waals surface area contributed by atoms with Crippen molar-refractivity contribution in [2.45, 2.75) is 0 Å². The first kappa shape index (κ1) is 19.6. The quantitative estimate of drug-likeness (QED) is 0.222. The van der Waals surface area contributed by atoms with Crippen LogP contribution in [0.15, 0.2) is 125 Å². The SMILES string of the molecule is Nc1ccccc1C(=Nn1c2cccc3oc4ccccc4c4cccc1c4c32)c1ccccc1. The standard InChI is InChI=1S/C31H21N3O/c32-24-15-6-4-13-23(24)31(20-10-2-1-3-11-20)33-34-25-16-8-14-22-21-12-5-7-18-27(21)35-28-19-9-17-26(34)30(28)29(22)25/h1-19H,32H2. The molecule has 2 aromatic heterocycles. The van der Waals surface area contributed by atoms with Crippen LogP contribution in [0.25, 0.3) is 43.7 Å². The Morgan fingerprint density at radius 2 is 1.26 bits per heavy atom. The summed E-state index contributed by atoms with van der Waals surface area (Å²) in [5.41, 5.74) is 13.5. The summed E-state index contributed by atoms with van der Waals surface area (Å²) >= 11 is 0. The van der Waals surface area contributed by atoms with Crippen LogP contribution < -0.4 is 5.73 Å². The van der Waals surface area contributed by atoms with E-state index in [9.17, 15) is 0 Å². The zero-order chi connectivity index (χ0) is 23.4. The Labute approximate surface area is 201 Å². The molecule has 2 N–H and O–H groups in total. The summed E-state index contributed by atoms with van der Waals surface area (Å²) in [5.74, 6) is 0. The maximum atomic E-state index is 6.45. The topological polar surface area (TPSA) is 56.4 Å². The molecule has 0 aliphatic heterocycles. The maximum absolute atomic E-state index is 6.45. The van der Waals surface area contributed by atoms with Gasteiger partial charge in [-0.3, -0.25) is 0 Å². The molecule has 0 spiro atoms. The predicted octanol–water partition coefficient (Wildman–Crippen LogP) is 7.58. The summed E-state index contributed by atoms with van der Waals surface area (Å²) in [6.07, 6.45) is 0. The molecular weight excluding hydrogens is 430 g/mol. The van der Waals surface area contributed by atoms with E-state index >= 15 is 0 Å². The van der Waals surface area contributed by atoms with E-state index in [1.807, 2.05) is 71.4 Å². The van der Waals surface area contributed by atoms with Crippen molar-refractivity contribution in [2.24, 2.45) is 5.10 Å². The lowest BCUT2D eigenvalue weighted by atomic mass is 10.0. The Hall–Kier alpha value is -4.83. The second-order valence-corrected chi connectivity index (χ2v) is 8.66. The van der Waals surface area contributed by atoms with Crippen molar-refractivity contribution in [3.05, 3.63) is 126 Å². The molecule has 7 rings (SSSR count). The van der Waals surface area contributed by atoms with Gasteiger partial charge in [-0.15, -0.1) is 0 Å². The number of aromatic nitrogens is 1. The highest BCUT2D eigenvalue weighted by Crippen LogP contribution is 2.39. The van der Waals surface area contributed by atoms with Crippen LogP contribution in [-0.4, -0.2) is 10.4 Å². The lowest BCUT2D eigenvalue weighted by Crippen LogP contribution is -2.09. The molecule has 4 nitrogen and oxygen atoms in total. The minimum absolute atomic E-state index is 0.690. The highest BCUT2D eigenvalue weighted by molar-refractivity contribution is 6.26. The molecule has 0 saturated heterocycles. The monoisotopic (exact) mass is 451 g/mol. The summed E-state index contributed by atoms with van der Waals surface area (Å²) in [7, 11) is 0. The molecule has 0 atom stereocenters.